The van der Waals surface area contributed by atoms with Crippen molar-refractivity contribution in [1.29, 1.82) is 0 Å². The Kier molecular flexibility index (Phi) is 8.11. The molecule has 0 fully saturated rings. The predicted octanol–water partition coefficient (Wildman–Crippen LogP) is 3.46. The molecule has 11 heavy (non-hydrogen) atoms. The number of rotatable bonds is 5. The monoisotopic (exact) mass is 147 g/mol. The molecule has 1 radical (unpaired) electrons. The van der Waals surface area contributed by atoms with E-state index in [0.29, 0.717) is 0 Å². The molecule has 0 aromatic heterocycles. The van der Waals surface area contributed by atoms with Gasteiger partial charge in [-0.15, -0.1) is 6.58 Å². The Hall–Kier alpha value is -1.04. The van der Waals surface area contributed by atoms with E-state index in [1.54, 1.807) is 6.08 Å². The Bertz CT molecular complexity index is 159. The maximum Gasteiger partial charge on any atom is -0.0166 e. The van der Waals surface area contributed by atoms with Gasteiger partial charge in [-0.05, 0) is 19.8 Å². The summed E-state index contributed by atoms with van der Waals surface area (Å²) in [7, 11) is 0. The van der Waals surface area contributed by atoms with Crippen molar-refractivity contribution in [2.75, 3.05) is 0 Å². The van der Waals surface area contributed by atoms with Gasteiger partial charge in [0.25, 0.3) is 0 Å². The van der Waals surface area contributed by atoms with E-state index >= 15 is 0 Å². The first kappa shape index (κ1) is 9.96. The van der Waals surface area contributed by atoms with Crippen LogP contribution in [0.3, 0.4) is 0 Å². The van der Waals surface area contributed by atoms with Crippen molar-refractivity contribution in [2.45, 2.75) is 12.8 Å². The highest BCUT2D eigenvalue weighted by Crippen LogP contribution is 1.89. The second-order valence-electron chi connectivity index (χ2n) is 2.09. The lowest BCUT2D eigenvalue weighted by atomic mass is 10.3. The molecule has 0 saturated carbocycles. The SMILES string of the molecule is [CH2]/C=C/C=C/C/C=C/CC=C. The van der Waals surface area contributed by atoms with E-state index in [9.17, 15) is 0 Å². The molecular weight excluding hydrogens is 132 g/mol. The first-order valence-electron chi connectivity index (χ1n) is 3.78. The van der Waals surface area contributed by atoms with E-state index in [1.807, 2.05) is 18.2 Å². The summed E-state index contributed by atoms with van der Waals surface area (Å²) in [5.41, 5.74) is 0. The standard InChI is InChI=1S/C11H15/c1-3-5-7-9-11-10-8-6-4-2/h3-5,7-10H,1-2,6,11H2/b5-3+,9-7+,10-8+. The molecule has 0 aromatic carbocycles. The summed E-state index contributed by atoms with van der Waals surface area (Å²) in [5.74, 6) is 0. The third kappa shape index (κ3) is 8.96. The second kappa shape index (κ2) is 8.96. The van der Waals surface area contributed by atoms with Gasteiger partial charge >= 0.3 is 0 Å². The van der Waals surface area contributed by atoms with Gasteiger partial charge in [-0.1, -0.05) is 42.5 Å². The average Bonchev–Trinajstić information content (AvgIpc) is 2.03. The fourth-order valence-corrected chi connectivity index (χ4v) is 0.603. The molecule has 59 valence electrons. The lowest BCUT2D eigenvalue weighted by molar-refractivity contribution is 1.32. The zero-order chi connectivity index (χ0) is 8.36. The number of hydrogen-bond donors (Lipinski definition) is 0. The minimum absolute atomic E-state index is 0.957. The van der Waals surface area contributed by atoms with Crippen LogP contribution in [0.15, 0.2) is 49.1 Å². The van der Waals surface area contributed by atoms with Gasteiger partial charge in [-0.2, -0.15) is 0 Å². The van der Waals surface area contributed by atoms with Crippen LogP contribution in [0, 0.1) is 6.92 Å². The first-order valence-corrected chi connectivity index (χ1v) is 3.78. The third-order valence-corrected chi connectivity index (χ3v) is 1.12. The average molecular weight is 147 g/mol. The number of hydrogen-bond acceptors (Lipinski definition) is 0. The maximum absolute atomic E-state index is 3.62. The minimum atomic E-state index is 0.957. The summed E-state index contributed by atoms with van der Waals surface area (Å²) in [6, 6.07) is 0. The van der Waals surface area contributed by atoms with Crippen LogP contribution in [0.2, 0.25) is 0 Å². The molecule has 0 nitrogen and oxygen atoms in total. The van der Waals surface area contributed by atoms with Gasteiger partial charge in [-0.3, -0.25) is 0 Å². The Balaban J connectivity index is 3.32. The molecule has 0 spiro atoms. The van der Waals surface area contributed by atoms with Crippen molar-refractivity contribution >= 4 is 0 Å². The smallest absolute Gasteiger partial charge is 0.0166 e. The zero-order valence-electron chi connectivity index (χ0n) is 6.87. The van der Waals surface area contributed by atoms with Crippen molar-refractivity contribution in [3.05, 3.63) is 56.0 Å². The molecule has 0 aliphatic heterocycles. The van der Waals surface area contributed by atoms with Crippen LogP contribution in [0.4, 0.5) is 0 Å². The van der Waals surface area contributed by atoms with Gasteiger partial charge < -0.3 is 0 Å². The van der Waals surface area contributed by atoms with Gasteiger partial charge in [0, 0.05) is 0 Å². The molecule has 0 saturated heterocycles. The van der Waals surface area contributed by atoms with E-state index < -0.39 is 0 Å². The molecule has 0 aliphatic rings. The molecular formula is C11H15. The molecule has 0 aromatic rings. The van der Waals surface area contributed by atoms with Gasteiger partial charge in [0.1, 0.15) is 0 Å². The van der Waals surface area contributed by atoms with E-state index in [2.05, 4.69) is 31.7 Å². The minimum Gasteiger partial charge on any atom is -0.103 e. The summed E-state index contributed by atoms with van der Waals surface area (Å²) in [6.45, 7) is 7.19. The maximum atomic E-state index is 3.62. The van der Waals surface area contributed by atoms with E-state index in [0.717, 1.165) is 12.8 Å². The Morgan fingerprint density at radius 1 is 0.909 bits per heavy atom. The highest BCUT2D eigenvalue weighted by atomic mass is 13.8. The summed E-state index contributed by atoms with van der Waals surface area (Å²) in [6.07, 6.45) is 15.8. The fourth-order valence-electron chi connectivity index (χ4n) is 0.603. The highest BCUT2D eigenvalue weighted by Gasteiger charge is 1.68. The summed E-state index contributed by atoms with van der Waals surface area (Å²) < 4.78 is 0. The first-order chi connectivity index (χ1) is 5.41. The van der Waals surface area contributed by atoms with Crippen LogP contribution in [-0.4, -0.2) is 0 Å². The highest BCUT2D eigenvalue weighted by molar-refractivity contribution is 5.05. The van der Waals surface area contributed by atoms with E-state index in [4.69, 9.17) is 0 Å². The number of allylic oxidation sites excluding steroid dienone is 7. The van der Waals surface area contributed by atoms with Crippen molar-refractivity contribution < 1.29 is 0 Å². The molecule has 0 amide bonds. The normalized spacial score (nSPS) is 12.1. The molecule has 0 aliphatic carbocycles. The van der Waals surface area contributed by atoms with E-state index in [-0.39, 0.29) is 0 Å². The van der Waals surface area contributed by atoms with Crippen LogP contribution in [0.1, 0.15) is 12.8 Å². The van der Waals surface area contributed by atoms with Crippen molar-refractivity contribution in [3.8, 4) is 0 Å². The summed E-state index contributed by atoms with van der Waals surface area (Å²) in [5, 5.41) is 0. The third-order valence-electron chi connectivity index (χ3n) is 1.12. The van der Waals surface area contributed by atoms with Crippen LogP contribution in [-0.2, 0) is 0 Å². The van der Waals surface area contributed by atoms with Crippen LogP contribution < -0.4 is 0 Å². The summed E-state index contributed by atoms with van der Waals surface area (Å²) >= 11 is 0. The molecule has 0 bridgehead atoms. The molecule has 0 rings (SSSR count). The lowest BCUT2D eigenvalue weighted by Gasteiger charge is -1.79. The fraction of sp³-hybridized carbons (Fsp3) is 0.182. The topological polar surface area (TPSA) is 0 Å². The lowest BCUT2D eigenvalue weighted by Crippen LogP contribution is -1.58. The Morgan fingerprint density at radius 3 is 2.27 bits per heavy atom. The summed E-state index contributed by atoms with van der Waals surface area (Å²) in [4.78, 5) is 0. The quantitative estimate of drug-likeness (QED) is 0.412. The van der Waals surface area contributed by atoms with Crippen LogP contribution >= 0.6 is 0 Å². The molecule has 0 N–H and O–H groups in total. The Labute approximate surface area is 69.6 Å². The van der Waals surface area contributed by atoms with Crippen molar-refractivity contribution in [1.82, 2.24) is 0 Å². The van der Waals surface area contributed by atoms with Crippen molar-refractivity contribution in [3.63, 3.8) is 0 Å². The second-order valence-corrected chi connectivity index (χ2v) is 2.09. The van der Waals surface area contributed by atoms with Gasteiger partial charge in [0.05, 0.1) is 0 Å². The Morgan fingerprint density at radius 2 is 1.64 bits per heavy atom. The molecule has 0 atom stereocenters. The molecule has 0 unspecified atom stereocenters. The van der Waals surface area contributed by atoms with E-state index in [1.165, 1.54) is 0 Å². The van der Waals surface area contributed by atoms with Gasteiger partial charge in [-0.25, -0.2) is 0 Å². The molecule has 0 heterocycles. The van der Waals surface area contributed by atoms with Crippen molar-refractivity contribution in [2.24, 2.45) is 0 Å². The molecule has 0 heteroatoms. The van der Waals surface area contributed by atoms with Gasteiger partial charge in [0.15, 0.2) is 0 Å². The van der Waals surface area contributed by atoms with Crippen LogP contribution in [0.5, 0.6) is 0 Å². The van der Waals surface area contributed by atoms with Crippen LogP contribution in [0.25, 0.3) is 0 Å². The largest absolute Gasteiger partial charge is 0.103 e. The van der Waals surface area contributed by atoms with Gasteiger partial charge in [0.2, 0.25) is 0 Å². The predicted molar refractivity (Wildman–Crippen MR) is 52.2 cm³/mol. The zero-order valence-corrected chi connectivity index (χ0v) is 6.87.